The molecule has 0 aliphatic heterocycles. The maximum Gasteiger partial charge on any atom is 0.0282 e. The Bertz CT molecular complexity index is 244. The van der Waals surface area contributed by atoms with Gasteiger partial charge >= 0.3 is 0 Å². The minimum absolute atomic E-state index is 0.0249. The van der Waals surface area contributed by atoms with Crippen LogP contribution < -0.4 is 0 Å². The molecule has 0 aromatic carbocycles. The van der Waals surface area contributed by atoms with Crippen LogP contribution in [0.2, 0.25) is 0 Å². The summed E-state index contributed by atoms with van der Waals surface area (Å²) in [5, 5.41) is 7.44. The van der Waals surface area contributed by atoms with Gasteiger partial charge in [-0.25, -0.2) is 0 Å². The maximum absolute atomic E-state index is 7.44. The first kappa shape index (κ1) is 12.2. The Balaban J connectivity index is 4.98. The fourth-order valence-electron chi connectivity index (χ4n) is 1.26. The third kappa shape index (κ3) is 3.17. The van der Waals surface area contributed by atoms with Crippen LogP contribution in [0.3, 0.4) is 0 Å². The molecule has 0 fully saturated rings. The van der Waals surface area contributed by atoms with Gasteiger partial charge in [-0.2, -0.15) is 0 Å². The van der Waals surface area contributed by atoms with Gasteiger partial charge in [0.25, 0.3) is 0 Å². The van der Waals surface area contributed by atoms with Gasteiger partial charge in [-0.1, -0.05) is 38.5 Å². The molecule has 0 rings (SSSR count). The van der Waals surface area contributed by atoms with Gasteiger partial charge in [0.15, 0.2) is 0 Å². The van der Waals surface area contributed by atoms with Crippen molar-refractivity contribution < 1.29 is 0 Å². The van der Waals surface area contributed by atoms with E-state index in [4.69, 9.17) is 5.41 Å². The Hall–Kier alpha value is -0.850. The second-order valence-corrected chi connectivity index (χ2v) is 4.11. The summed E-state index contributed by atoms with van der Waals surface area (Å²) in [6.07, 6.45) is 2.94. The average molecular weight is 179 g/mol. The summed E-state index contributed by atoms with van der Waals surface area (Å²) in [6.45, 7) is 14.3. The molecule has 74 valence electrons. The summed E-state index contributed by atoms with van der Waals surface area (Å²) in [4.78, 5) is 0. The van der Waals surface area contributed by atoms with E-state index in [2.05, 4.69) is 27.4 Å². The topological polar surface area (TPSA) is 23.9 Å². The van der Waals surface area contributed by atoms with E-state index in [1.165, 1.54) is 5.57 Å². The number of nitrogens with one attached hydrogen (secondary N) is 1. The lowest BCUT2D eigenvalue weighted by atomic mass is 9.77. The summed E-state index contributed by atoms with van der Waals surface area (Å²) in [7, 11) is 0. The van der Waals surface area contributed by atoms with E-state index in [1.54, 1.807) is 0 Å². The predicted octanol–water partition coefficient (Wildman–Crippen LogP) is 3.96. The van der Waals surface area contributed by atoms with Gasteiger partial charge in [0.1, 0.15) is 0 Å². The number of hydrogen-bond donors (Lipinski definition) is 1. The molecule has 0 radical (unpaired) electrons. The molecule has 0 bridgehead atoms. The van der Waals surface area contributed by atoms with Crippen LogP contribution >= 0.6 is 0 Å². The Kier molecular flexibility index (Phi) is 4.12. The zero-order valence-corrected chi connectivity index (χ0v) is 9.49. The van der Waals surface area contributed by atoms with E-state index in [9.17, 15) is 0 Å². The first-order valence-electron chi connectivity index (χ1n) is 4.74. The highest BCUT2D eigenvalue weighted by Crippen LogP contribution is 2.35. The van der Waals surface area contributed by atoms with Gasteiger partial charge in [-0.15, -0.1) is 0 Å². The molecule has 0 aliphatic carbocycles. The molecule has 0 heterocycles. The second-order valence-electron chi connectivity index (χ2n) is 4.11. The summed E-state index contributed by atoms with van der Waals surface area (Å²) in [5.74, 6) is 0. The standard InChI is InChI=1S/C12H21N/c1-7-11(8-10(4)13)12(5,6)9(2)3/h8,13H,2,7H2,1,3-6H3/b11-8+,13-10?. The van der Waals surface area contributed by atoms with Crippen molar-refractivity contribution in [3.05, 3.63) is 23.8 Å². The third-order valence-corrected chi connectivity index (χ3v) is 2.64. The van der Waals surface area contributed by atoms with Crippen LogP contribution in [0.4, 0.5) is 0 Å². The molecule has 0 spiro atoms. The van der Waals surface area contributed by atoms with Crippen molar-refractivity contribution in [2.45, 2.75) is 41.0 Å². The van der Waals surface area contributed by atoms with Gasteiger partial charge in [-0.05, 0) is 26.3 Å². The lowest BCUT2D eigenvalue weighted by molar-refractivity contribution is 0.523. The van der Waals surface area contributed by atoms with Gasteiger partial charge in [0.05, 0.1) is 0 Å². The van der Waals surface area contributed by atoms with Gasteiger partial charge < -0.3 is 5.41 Å². The fraction of sp³-hybridized carbons (Fsp3) is 0.583. The molecular formula is C12H21N. The smallest absolute Gasteiger partial charge is 0.0282 e. The molecule has 1 nitrogen and oxygen atoms in total. The van der Waals surface area contributed by atoms with E-state index in [0.29, 0.717) is 5.71 Å². The Morgan fingerprint density at radius 3 is 2.08 bits per heavy atom. The monoisotopic (exact) mass is 179 g/mol. The molecule has 13 heavy (non-hydrogen) atoms. The molecule has 0 saturated carbocycles. The van der Waals surface area contributed by atoms with Crippen LogP contribution in [-0.2, 0) is 0 Å². The normalized spacial score (nSPS) is 12.8. The molecule has 0 unspecified atom stereocenters. The second kappa shape index (κ2) is 4.40. The van der Waals surface area contributed by atoms with Crippen molar-refractivity contribution in [1.29, 1.82) is 5.41 Å². The van der Waals surface area contributed by atoms with Crippen LogP contribution in [0.5, 0.6) is 0 Å². The van der Waals surface area contributed by atoms with Crippen molar-refractivity contribution >= 4 is 5.71 Å². The number of allylic oxidation sites excluding steroid dienone is 3. The van der Waals surface area contributed by atoms with Crippen LogP contribution in [0.15, 0.2) is 23.8 Å². The fourth-order valence-corrected chi connectivity index (χ4v) is 1.26. The van der Waals surface area contributed by atoms with Crippen LogP contribution in [-0.4, -0.2) is 5.71 Å². The highest BCUT2D eigenvalue weighted by molar-refractivity contribution is 5.90. The maximum atomic E-state index is 7.44. The zero-order chi connectivity index (χ0) is 10.6. The van der Waals surface area contributed by atoms with Crippen LogP contribution in [0, 0.1) is 10.8 Å². The Morgan fingerprint density at radius 1 is 1.38 bits per heavy atom. The Morgan fingerprint density at radius 2 is 1.85 bits per heavy atom. The lowest BCUT2D eigenvalue weighted by Crippen LogP contribution is -2.16. The largest absolute Gasteiger partial charge is 0.306 e. The summed E-state index contributed by atoms with van der Waals surface area (Å²) in [6, 6.07) is 0. The summed E-state index contributed by atoms with van der Waals surface area (Å²) >= 11 is 0. The van der Waals surface area contributed by atoms with E-state index in [-0.39, 0.29) is 5.41 Å². The van der Waals surface area contributed by atoms with Gasteiger partial charge in [0.2, 0.25) is 0 Å². The minimum Gasteiger partial charge on any atom is -0.306 e. The molecule has 0 aromatic heterocycles. The molecule has 0 aromatic rings. The van der Waals surface area contributed by atoms with Gasteiger partial charge in [-0.3, -0.25) is 0 Å². The van der Waals surface area contributed by atoms with E-state index in [0.717, 1.165) is 12.0 Å². The zero-order valence-electron chi connectivity index (χ0n) is 9.49. The quantitative estimate of drug-likeness (QED) is 0.499. The molecule has 0 aliphatic rings. The van der Waals surface area contributed by atoms with Crippen molar-refractivity contribution in [2.75, 3.05) is 0 Å². The predicted molar refractivity (Wildman–Crippen MR) is 60.4 cm³/mol. The molecule has 0 atom stereocenters. The molecule has 1 heteroatoms. The SMILES string of the molecule is C=C(C)C(C)(C)/C(=C/C(C)=N)CC. The lowest BCUT2D eigenvalue weighted by Gasteiger charge is -2.28. The van der Waals surface area contributed by atoms with E-state index < -0.39 is 0 Å². The Labute approximate surface area is 82.1 Å². The van der Waals surface area contributed by atoms with Crippen molar-refractivity contribution in [3.8, 4) is 0 Å². The van der Waals surface area contributed by atoms with Crippen molar-refractivity contribution in [2.24, 2.45) is 5.41 Å². The highest BCUT2D eigenvalue weighted by atomic mass is 14.4. The van der Waals surface area contributed by atoms with Crippen molar-refractivity contribution in [3.63, 3.8) is 0 Å². The first-order chi connectivity index (χ1) is 5.82. The molecule has 0 amide bonds. The molecule has 0 saturated heterocycles. The van der Waals surface area contributed by atoms with Crippen LogP contribution in [0.1, 0.15) is 41.0 Å². The van der Waals surface area contributed by atoms with Crippen LogP contribution in [0.25, 0.3) is 0 Å². The number of rotatable bonds is 4. The highest BCUT2D eigenvalue weighted by Gasteiger charge is 2.22. The first-order valence-corrected chi connectivity index (χ1v) is 4.74. The van der Waals surface area contributed by atoms with E-state index in [1.807, 2.05) is 19.9 Å². The molecular weight excluding hydrogens is 158 g/mol. The number of hydrogen-bond acceptors (Lipinski definition) is 1. The van der Waals surface area contributed by atoms with Crippen molar-refractivity contribution in [1.82, 2.24) is 0 Å². The van der Waals surface area contributed by atoms with E-state index >= 15 is 0 Å². The average Bonchev–Trinajstić information content (AvgIpc) is 1.99. The molecule has 1 N–H and O–H groups in total. The summed E-state index contributed by atoms with van der Waals surface area (Å²) in [5.41, 5.74) is 3.08. The summed E-state index contributed by atoms with van der Waals surface area (Å²) < 4.78 is 0. The third-order valence-electron chi connectivity index (χ3n) is 2.64. The minimum atomic E-state index is 0.0249. The van der Waals surface area contributed by atoms with Gasteiger partial charge in [0, 0.05) is 11.1 Å².